The van der Waals surface area contributed by atoms with Crippen molar-refractivity contribution in [3.8, 4) is 5.75 Å². The normalized spacial score (nSPS) is 12.0. The molecule has 0 saturated carbocycles. The first-order valence-electron chi connectivity index (χ1n) is 5.60. The van der Waals surface area contributed by atoms with Gasteiger partial charge in [-0.25, -0.2) is 4.79 Å². The maximum Gasteiger partial charge on any atom is 0.338 e. The summed E-state index contributed by atoms with van der Waals surface area (Å²) in [4.78, 5) is 11.7. The van der Waals surface area contributed by atoms with E-state index in [-0.39, 0.29) is 17.8 Å². The van der Waals surface area contributed by atoms with E-state index in [0.29, 0.717) is 17.1 Å². The number of ether oxygens (including phenoxy) is 2. The summed E-state index contributed by atoms with van der Waals surface area (Å²) < 4.78 is 10.0. The van der Waals surface area contributed by atoms with Crippen molar-refractivity contribution in [2.24, 2.45) is 0 Å². The van der Waals surface area contributed by atoms with Gasteiger partial charge < -0.3 is 14.6 Å². The molecule has 0 aromatic heterocycles. The van der Waals surface area contributed by atoms with Crippen molar-refractivity contribution < 1.29 is 19.4 Å². The average Bonchev–Trinajstić information content (AvgIpc) is 2.43. The molecule has 1 atom stereocenters. The molecule has 1 unspecified atom stereocenters. The first-order valence-corrected chi connectivity index (χ1v) is 6.65. The van der Waals surface area contributed by atoms with Crippen molar-refractivity contribution in [3.63, 3.8) is 0 Å². The number of hydrogen-bond donors (Lipinski definition) is 1. The number of aliphatic hydroxyl groups excluding tert-OH is 1. The smallest absolute Gasteiger partial charge is 0.338 e. The molecule has 0 fully saturated rings. The van der Waals surface area contributed by atoms with Crippen molar-refractivity contribution >= 4 is 17.7 Å². The lowest BCUT2D eigenvalue weighted by molar-refractivity contribution is 0.0599. The predicted octanol–water partition coefficient (Wildman–Crippen LogP) is 2.10. The highest BCUT2D eigenvalue weighted by atomic mass is 32.2. The molecule has 1 N–H and O–H groups in total. The summed E-state index contributed by atoms with van der Waals surface area (Å²) in [7, 11) is 2.93. The zero-order chi connectivity index (χ0) is 13.5. The third kappa shape index (κ3) is 3.65. The van der Waals surface area contributed by atoms with E-state index >= 15 is 0 Å². The molecule has 0 aliphatic rings. The van der Waals surface area contributed by atoms with Crippen LogP contribution in [-0.2, 0) is 10.5 Å². The van der Waals surface area contributed by atoms with E-state index in [1.807, 2.05) is 13.0 Å². The van der Waals surface area contributed by atoms with E-state index in [9.17, 15) is 4.79 Å². The van der Waals surface area contributed by atoms with E-state index in [1.54, 1.807) is 31.0 Å². The summed E-state index contributed by atoms with van der Waals surface area (Å²) in [5, 5.41) is 9.13. The molecule has 0 aliphatic heterocycles. The van der Waals surface area contributed by atoms with Crippen molar-refractivity contribution in [2.45, 2.75) is 17.9 Å². The third-order valence-electron chi connectivity index (χ3n) is 2.53. The standard InChI is InChI=1S/C13H18O4S/c1-9(7-14)18-8-11-10(13(15)17-3)5-4-6-12(11)16-2/h4-6,9,14H,7-8H2,1-3H3. The minimum atomic E-state index is -0.374. The topological polar surface area (TPSA) is 55.8 Å². The van der Waals surface area contributed by atoms with Gasteiger partial charge in [-0.2, -0.15) is 11.8 Å². The van der Waals surface area contributed by atoms with Crippen molar-refractivity contribution in [3.05, 3.63) is 29.3 Å². The fourth-order valence-electron chi connectivity index (χ4n) is 1.49. The number of carbonyl (C=O) groups is 1. The second-order valence-corrected chi connectivity index (χ2v) is 5.21. The average molecular weight is 270 g/mol. The number of esters is 1. The molecule has 0 aliphatic carbocycles. The van der Waals surface area contributed by atoms with Gasteiger partial charge in [-0.15, -0.1) is 0 Å². The first-order chi connectivity index (χ1) is 8.63. The van der Waals surface area contributed by atoms with Crippen LogP contribution in [0.3, 0.4) is 0 Å². The van der Waals surface area contributed by atoms with Gasteiger partial charge in [-0.1, -0.05) is 13.0 Å². The second-order valence-electron chi connectivity index (χ2n) is 3.78. The van der Waals surface area contributed by atoms with Crippen molar-refractivity contribution in [1.82, 2.24) is 0 Å². The Balaban J connectivity index is 3.00. The third-order valence-corrected chi connectivity index (χ3v) is 3.70. The molecule has 18 heavy (non-hydrogen) atoms. The van der Waals surface area contributed by atoms with E-state index < -0.39 is 0 Å². The van der Waals surface area contributed by atoms with Gasteiger partial charge in [0.05, 0.1) is 26.4 Å². The number of aliphatic hydroxyl groups is 1. The maximum atomic E-state index is 11.7. The number of thioether (sulfide) groups is 1. The Morgan fingerprint density at radius 1 is 1.44 bits per heavy atom. The van der Waals surface area contributed by atoms with Crippen LogP contribution in [0.25, 0.3) is 0 Å². The Labute approximate surface area is 111 Å². The summed E-state index contributed by atoms with van der Waals surface area (Å²) in [5.41, 5.74) is 1.31. The van der Waals surface area contributed by atoms with Crippen molar-refractivity contribution in [1.29, 1.82) is 0 Å². The Morgan fingerprint density at radius 3 is 2.72 bits per heavy atom. The van der Waals surface area contributed by atoms with Gasteiger partial charge in [0.1, 0.15) is 5.75 Å². The number of methoxy groups -OCH3 is 2. The van der Waals surface area contributed by atoms with Gasteiger partial charge >= 0.3 is 5.97 Å². The van der Waals surface area contributed by atoms with E-state index in [2.05, 4.69) is 0 Å². The lowest BCUT2D eigenvalue weighted by Crippen LogP contribution is -2.08. The zero-order valence-corrected chi connectivity index (χ0v) is 11.6. The Kier molecular flexibility index (Phi) is 6.01. The lowest BCUT2D eigenvalue weighted by atomic mass is 10.1. The number of carbonyl (C=O) groups excluding carboxylic acids is 1. The molecule has 100 valence electrons. The minimum Gasteiger partial charge on any atom is -0.496 e. The van der Waals surface area contributed by atoms with Crippen LogP contribution in [0.1, 0.15) is 22.8 Å². The molecule has 0 heterocycles. The zero-order valence-electron chi connectivity index (χ0n) is 10.8. The molecule has 1 aromatic rings. The molecular weight excluding hydrogens is 252 g/mol. The van der Waals surface area contributed by atoms with Crippen LogP contribution in [0.15, 0.2) is 18.2 Å². The molecule has 1 aromatic carbocycles. The summed E-state index contributed by atoms with van der Waals surface area (Å²) in [5.74, 6) is 0.882. The highest BCUT2D eigenvalue weighted by molar-refractivity contribution is 7.99. The first kappa shape index (κ1) is 14.9. The monoisotopic (exact) mass is 270 g/mol. The number of rotatable bonds is 6. The number of benzene rings is 1. The quantitative estimate of drug-likeness (QED) is 0.802. The predicted molar refractivity (Wildman–Crippen MR) is 72.2 cm³/mol. The van der Waals surface area contributed by atoms with Gasteiger partial charge in [-0.3, -0.25) is 0 Å². The molecular formula is C13H18O4S. The van der Waals surface area contributed by atoms with Gasteiger partial charge in [0, 0.05) is 16.6 Å². The second kappa shape index (κ2) is 7.28. The largest absolute Gasteiger partial charge is 0.496 e. The van der Waals surface area contributed by atoms with Crippen LogP contribution in [0.4, 0.5) is 0 Å². The summed E-state index contributed by atoms with van der Waals surface area (Å²) >= 11 is 1.56. The van der Waals surface area contributed by atoms with Gasteiger partial charge in [0.25, 0.3) is 0 Å². The van der Waals surface area contributed by atoms with E-state index in [4.69, 9.17) is 14.6 Å². The molecule has 1 rings (SSSR count). The molecule has 0 spiro atoms. The summed E-state index contributed by atoms with van der Waals surface area (Å²) in [6, 6.07) is 5.29. The summed E-state index contributed by atoms with van der Waals surface area (Å²) in [6.07, 6.45) is 0. The fourth-order valence-corrected chi connectivity index (χ4v) is 2.34. The maximum absolute atomic E-state index is 11.7. The van der Waals surface area contributed by atoms with E-state index in [1.165, 1.54) is 7.11 Å². The van der Waals surface area contributed by atoms with Crippen LogP contribution in [-0.4, -0.2) is 37.2 Å². The molecule has 5 heteroatoms. The van der Waals surface area contributed by atoms with Crippen LogP contribution >= 0.6 is 11.8 Å². The van der Waals surface area contributed by atoms with Gasteiger partial charge in [0.15, 0.2) is 0 Å². The minimum absolute atomic E-state index is 0.105. The summed E-state index contributed by atoms with van der Waals surface area (Å²) in [6.45, 7) is 2.03. The molecule has 0 radical (unpaired) electrons. The van der Waals surface area contributed by atoms with Crippen molar-refractivity contribution in [2.75, 3.05) is 20.8 Å². The molecule has 4 nitrogen and oxygen atoms in total. The lowest BCUT2D eigenvalue weighted by Gasteiger charge is -2.14. The van der Waals surface area contributed by atoms with E-state index in [0.717, 1.165) is 5.56 Å². The van der Waals surface area contributed by atoms with Crippen LogP contribution in [0.2, 0.25) is 0 Å². The van der Waals surface area contributed by atoms with Gasteiger partial charge in [-0.05, 0) is 12.1 Å². The highest BCUT2D eigenvalue weighted by Crippen LogP contribution is 2.28. The Morgan fingerprint density at radius 2 is 2.17 bits per heavy atom. The van der Waals surface area contributed by atoms with Gasteiger partial charge in [0.2, 0.25) is 0 Å². The van der Waals surface area contributed by atoms with Crippen LogP contribution in [0, 0.1) is 0 Å². The molecule has 0 saturated heterocycles. The van der Waals surface area contributed by atoms with Crippen LogP contribution in [0.5, 0.6) is 5.75 Å². The molecule has 0 amide bonds. The Hall–Kier alpha value is -1.20. The Bertz CT molecular complexity index is 406. The highest BCUT2D eigenvalue weighted by Gasteiger charge is 2.16. The molecule has 0 bridgehead atoms. The SMILES string of the molecule is COC(=O)c1cccc(OC)c1CSC(C)CO. The fraction of sp³-hybridized carbons (Fsp3) is 0.462. The van der Waals surface area contributed by atoms with Crippen LogP contribution < -0.4 is 4.74 Å². The number of hydrogen-bond acceptors (Lipinski definition) is 5.